The molecule has 108 valence electrons. The Labute approximate surface area is 125 Å². The normalized spacial score (nSPS) is 11.1. The molecule has 20 heavy (non-hydrogen) atoms. The predicted molar refractivity (Wildman–Crippen MR) is 84.7 cm³/mol. The summed E-state index contributed by atoms with van der Waals surface area (Å²) >= 11 is 1.71. The molecule has 0 N–H and O–H groups in total. The van der Waals surface area contributed by atoms with Crippen LogP contribution in [0.2, 0.25) is 0 Å². The van der Waals surface area contributed by atoms with E-state index in [0.717, 1.165) is 16.7 Å². The quantitative estimate of drug-likeness (QED) is 0.594. The molecule has 0 spiro atoms. The van der Waals surface area contributed by atoms with Gasteiger partial charge < -0.3 is 9.30 Å². The summed E-state index contributed by atoms with van der Waals surface area (Å²) < 4.78 is 7.82. The summed E-state index contributed by atoms with van der Waals surface area (Å²) in [6.07, 6.45) is 3.77. The van der Waals surface area contributed by atoms with Gasteiger partial charge in [-0.1, -0.05) is 31.7 Å². The number of imidazole rings is 1. The molecule has 0 bridgehead atoms. The van der Waals surface area contributed by atoms with Crippen LogP contribution in [0.25, 0.3) is 0 Å². The summed E-state index contributed by atoms with van der Waals surface area (Å²) in [6, 6.07) is 6.36. The Morgan fingerprint density at radius 1 is 1.35 bits per heavy atom. The molecule has 0 aliphatic rings. The molecule has 2 rings (SSSR count). The largest absolute Gasteiger partial charge is 0.493 e. The van der Waals surface area contributed by atoms with Gasteiger partial charge in [-0.25, -0.2) is 4.98 Å². The second-order valence-electron chi connectivity index (χ2n) is 5.19. The average molecular weight is 290 g/mol. The van der Waals surface area contributed by atoms with Crippen LogP contribution in [-0.4, -0.2) is 21.9 Å². The molecule has 4 heteroatoms. The topological polar surface area (TPSA) is 27.1 Å². The van der Waals surface area contributed by atoms with Crippen LogP contribution in [-0.2, 0) is 7.05 Å². The Morgan fingerprint density at radius 3 is 2.75 bits per heavy atom. The predicted octanol–water partition coefficient (Wildman–Crippen LogP) is 4.02. The molecule has 0 saturated carbocycles. The summed E-state index contributed by atoms with van der Waals surface area (Å²) in [5, 5.41) is 1.03. The summed E-state index contributed by atoms with van der Waals surface area (Å²) in [4.78, 5) is 4.28. The molecule has 0 atom stereocenters. The average Bonchev–Trinajstić information content (AvgIpc) is 2.80. The van der Waals surface area contributed by atoms with Gasteiger partial charge in [-0.2, -0.15) is 0 Å². The van der Waals surface area contributed by atoms with Gasteiger partial charge in [0, 0.05) is 25.2 Å². The van der Waals surface area contributed by atoms with Crippen LogP contribution in [0.3, 0.4) is 0 Å². The lowest BCUT2D eigenvalue weighted by molar-refractivity contribution is 0.343. The van der Waals surface area contributed by atoms with Crippen LogP contribution in [0.4, 0.5) is 0 Å². The Bertz CT molecular complexity index is 563. The van der Waals surface area contributed by atoms with Crippen molar-refractivity contribution in [2.24, 2.45) is 7.05 Å². The van der Waals surface area contributed by atoms with Crippen molar-refractivity contribution in [2.45, 2.75) is 31.8 Å². The molecule has 0 saturated heterocycles. The first kappa shape index (κ1) is 15.0. The molecule has 2 aromatic rings. The number of rotatable bonds is 6. The van der Waals surface area contributed by atoms with E-state index in [4.69, 9.17) is 4.74 Å². The first-order valence-electron chi connectivity index (χ1n) is 6.91. The van der Waals surface area contributed by atoms with Crippen LogP contribution < -0.4 is 4.74 Å². The number of benzene rings is 1. The van der Waals surface area contributed by atoms with Crippen LogP contribution in [0, 0.1) is 6.92 Å². The van der Waals surface area contributed by atoms with Gasteiger partial charge >= 0.3 is 0 Å². The highest BCUT2D eigenvalue weighted by atomic mass is 32.2. The minimum atomic E-state index is 0.558. The fourth-order valence-electron chi connectivity index (χ4n) is 2.17. The lowest BCUT2D eigenvalue weighted by Gasteiger charge is -2.12. The Kier molecular flexibility index (Phi) is 5.12. The monoisotopic (exact) mass is 290 g/mol. The van der Waals surface area contributed by atoms with Crippen LogP contribution in [0.5, 0.6) is 5.75 Å². The van der Waals surface area contributed by atoms with Gasteiger partial charge in [-0.15, -0.1) is 0 Å². The SMILES string of the molecule is Cc1cc(OCCSc2nccn2C)ccc1C(C)C. The smallest absolute Gasteiger partial charge is 0.167 e. The first-order valence-corrected chi connectivity index (χ1v) is 7.90. The van der Waals surface area contributed by atoms with Crippen molar-refractivity contribution >= 4 is 11.8 Å². The van der Waals surface area contributed by atoms with Crippen molar-refractivity contribution < 1.29 is 4.74 Å². The molecular formula is C16H22N2OS. The molecule has 1 heterocycles. The molecule has 0 fully saturated rings. The van der Waals surface area contributed by atoms with Crippen LogP contribution in [0.1, 0.15) is 30.9 Å². The van der Waals surface area contributed by atoms with Crippen molar-refractivity contribution in [2.75, 3.05) is 12.4 Å². The zero-order chi connectivity index (χ0) is 14.5. The number of ether oxygens (including phenoxy) is 1. The highest BCUT2D eigenvalue weighted by Crippen LogP contribution is 2.23. The summed E-state index contributed by atoms with van der Waals surface area (Å²) in [5.74, 6) is 2.41. The third-order valence-electron chi connectivity index (χ3n) is 3.22. The second kappa shape index (κ2) is 6.84. The van der Waals surface area contributed by atoms with Gasteiger partial charge in [0.1, 0.15) is 5.75 Å². The van der Waals surface area contributed by atoms with Crippen LogP contribution in [0.15, 0.2) is 35.7 Å². The molecule has 0 radical (unpaired) electrons. The Morgan fingerprint density at radius 2 is 2.15 bits per heavy atom. The molecule has 3 nitrogen and oxygen atoms in total. The molecule has 0 aliphatic carbocycles. The Balaban J connectivity index is 1.82. The van der Waals surface area contributed by atoms with Gasteiger partial charge in [0.05, 0.1) is 6.61 Å². The number of hydrogen-bond donors (Lipinski definition) is 0. The standard InChI is InChI=1S/C16H22N2OS/c1-12(2)15-6-5-14(11-13(15)3)19-9-10-20-16-17-7-8-18(16)4/h5-8,11-12H,9-10H2,1-4H3. The number of aryl methyl sites for hydroxylation is 2. The lowest BCUT2D eigenvalue weighted by Crippen LogP contribution is -2.02. The van der Waals surface area contributed by atoms with E-state index in [1.165, 1.54) is 11.1 Å². The Hall–Kier alpha value is -1.42. The van der Waals surface area contributed by atoms with E-state index < -0.39 is 0 Å². The van der Waals surface area contributed by atoms with Crippen LogP contribution >= 0.6 is 11.8 Å². The maximum atomic E-state index is 5.80. The van der Waals surface area contributed by atoms with E-state index in [-0.39, 0.29) is 0 Å². The number of thioether (sulfide) groups is 1. The maximum Gasteiger partial charge on any atom is 0.167 e. The van der Waals surface area contributed by atoms with Gasteiger partial charge in [-0.05, 0) is 36.1 Å². The van der Waals surface area contributed by atoms with E-state index in [1.54, 1.807) is 11.8 Å². The fourth-order valence-corrected chi connectivity index (χ4v) is 2.92. The van der Waals surface area contributed by atoms with E-state index in [1.807, 2.05) is 24.0 Å². The van der Waals surface area contributed by atoms with E-state index >= 15 is 0 Å². The first-order chi connectivity index (χ1) is 9.58. The third-order valence-corrected chi connectivity index (χ3v) is 4.25. The van der Waals surface area contributed by atoms with Gasteiger partial charge in [0.2, 0.25) is 0 Å². The van der Waals surface area contributed by atoms with Crippen molar-refractivity contribution in [3.05, 3.63) is 41.7 Å². The highest BCUT2D eigenvalue weighted by molar-refractivity contribution is 7.99. The van der Waals surface area contributed by atoms with E-state index in [9.17, 15) is 0 Å². The van der Waals surface area contributed by atoms with Crippen molar-refractivity contribution in [3.8, 4) is 5.75 Å². The van der Waals surface area contributed by atoms with Crippen molar-refractivity contribution in [1.29, 1.82) is 0 Å². The number of nitrogens with zero attached hydrogens (tertiary/aromatic N) is 2. The van der Waals surface area contributed by atoms with Crippen molar-refractivity contribution in [1.82, 2.24) is 9.55 Å². The van der Waals surface area contributed by atoms with Gasteiger partial charge in [0.15, 0.2) is 5.16 Å². The second-order valence-corrected chi connectivity index (χ2v) is 6.25. The van der Waals surface area contributed by atoms with E-state index in [2.05, 4.69) is 44.0 Å². The lowest BCUT2D eigenvalue weighted by atomic mass is 9.98. The minimum absolute atomic E-state index is 0.558. The molecule has 0 aliphatic heterocycles. The summed E-state index contributed by atoms with van der Waals surface area (Å²) in [6.45, 7) is 7.27. The maximum absolute atomic E-state index is 5.80. The zero-order valence-corrected chi connectivity index (χ0v) is 13.4. The highest BCUT2D eigenvalue weighted by Gasteiger charge is 2.05. The van der Waals surface area contributed by atoms with Crippen molar-refractivity contribution in [3.63, 3.8) is 0 Å². The fraction of sp³-hybridized carbons (Fsp3) is 0.438. The molecular weight excluding hydrogens is 268 g/mol. The van der Waals surface area contributed by atoms with Gasteiger partial charge in [-0.3, -0.25) is 0 Å². The molecule has 1 aromatic heterocycles. The number of hydrogen-bond acceptors (Lipinski definition) is 3. The summed E-state index contributed by atoms with van der Waals surface area (Å²) in [7, 11) is 2.00. The molecule has 0 unspecified atom stereocenters. The zero-order valence-electron chi connectivity index (χ0n) is 12.6. The molecule has 0 amide bonds. The molecule has 1 aromatic carbocycles. The van der Waals surface area contributed by atoms with Gasteiger partial charge in [0.25, 0.3) is 0 Å². The summed E-state index contributed by atoms with van der Waals surface area (Å²) in [5.41, 5.74) is 2.69. The number of aromatic nitrogens is 2. The third kappa shape index (κ3) is 3.79. The minimum Gasteiger partial charge on any atom is -0.493 e. The van der Waals surface area contributed by atoms with E-state index in [0.29, 0.717) is 12.5 Å².